The van der Waals surface area contributed by atoms with Crippen LogP contribution < -0.4 is 30.0 Å². The molecule has 0 atom stereocenters. The van der Waals surface area contributed by atoms with Crippen LogP contribution in [0.15, 0.2) is 36.5 Å². The predicted octanol–water partition coefficient (Wildman–Crippen LogP) is -2.64. The standard InChI is InChI=1S/C14H17ClNSi.2ClH.Cr/c1-11-8-14(17(2,3)15)10-12(11)9-13-6-4-5-7-16-13;;;/h4-8,10H,9H2,1-3H3;2*1H;/q-1;;;+3/p-2. The number of aryl methyl sites for hydroxylation is 1. The van der Waals surface area contributed by atoms with E-state index in [-0.39, 0.29) is 42.2 Å². The van der Waals surface area contributed by atoms with Crippen LogP contribution in [-0.2, 0) is 23.8 Å². The number of nitrogens with zero attached hydrogens (tertiary/aromatic N) is 1. The molecular formula is C14H17Cl3CrNSi. The minimum Gasteiger partial charge on any atom is -1.00 e. The van der Waals surface area contributed by atoms with E-state index in [0.29, 0.717) is 0 Å². The molecule has 0 bridgehead atoms. The molecular weight excluding hydrogens is 369 g/mol. The zero-order valence-electron chi connectivity index (χ0n) is 11.7. The van der Waals surface area contributed by atoms with Crippen LogP contribution in [0.3, 0.4) is 0 Å². The fraction of sp³-hybridized carbons (Fsp3) is 0.286. The second kappa shape index (κ2) is 9.20. The molecule has 2 aromatic rings. The summed E-state index contributed by atoms with van der Waals surface area (Å²) < 4.78 is 0. The predicted molar refractivity (Wildman–Crippen MR) is 76.8 cm³/mol. The van der Waals surface area contributed by atoms with Gasteiger partial charge in [0.2, 0.25) is 0 Å². The van der Waals surface area contributed by atoms with Gasteiger partial charge in [0.25, 0.3) is 0 Å². The van der Waals surface area contributed by atoms with E-state index in [4.69, 9.17) is 11.1 Å². The first-order chi connectivity index (χ1) is 7.97. The second-order valence-electron chi connectivity index (χ2n) is 4.92. The molecule has 1 aromatic heterocycles. The van der Waals surface area contributed by atoms with Crippen LogP contribution in [0.4, 0.5) is 0 Å². The summed E-state index contributed by atoms with van der Waals surface area (Å²) in [6.45, 7) is 6.47. The van der Waals surface area contributed by atoms with E-state index in [2.05, 4.69) is 43.2 Å². The van der Waals surface area contributed by atoms with Crippen molar-refractivity contribution in [3.63, 3.8) is 0 Å². The van der Waals surface area contributed by atoms with Gasteiger partial charge in [-0.15, -0.1) is 5.56 Å². The maximum absolute atomic E-state index is 6.47. The first-order valence-electron chi connectivity index (χ1n) is 5.82. The third kappa shape index (κ3) is 5.85. The summed E-state index contributed by atoms with van der Waals surface area (Å²) in [4.78, 5) is 4.36. The average Bonchev–Trinajstić information content (AvgIpc) is 2.62. The van der Waals surface area contributed by atoms with Gasteiger partial charge in [0, 0.05) is 11.9 Å². The van der Waals surface area contributed by atoms with Crippen molar-refractivity contribution in [3.8, 4) is 0 Å². The van der Waals surface area contributed by atoms with Gasteiger partial charge >= 0.3 is 17.4 Å². The fourth-order valence-corrected chi connectivity index (χ4v) is 3.31. The second-order valence-corrected chi connectivity index (χ2v) is 11.3. The molecule has 0 aliphatic carbocycles. The van der Waals surface area contributed by atoms with Crippen molar-refractivity contribution < 1.29 is 42.2 Å². The summed E-state index contributed by atoms with van der Waals surface area (Å²) in [6.07, 6.45) is 2.74. The van der Waals surface area contributed by atoms with Crippen molar-refractivity contribution >= 4 is 23.6 Å². The summed E-state index contributed by atoms with van der Waals surface area (Å²) in [7, 11) is -1.71. The Labute approximate surface area is 150 Å². The summed E-state index contributed by atoms with van der Waals surface area (Å²) in [5, 5.41) is 1.32. The molecule has 1 aromatic carbocycles. The van der Waals surface area contributed by atoms with Gasteiger partial charge in [-0.2, -0.15) is 27.9 Å². The summed E-state index contributed by atoms with van der Waals surface area (Å²) >= 11 is 6.47. The summed E-state index contributed by atoms with van der Waals surface area (Å²) in [6, 6.07) is 10.5. The van der Waals surface area contributed by atoms with E-state index in [1.165, 1.54) is 16.3 Å². The van der Waals surface area contributed by atoms with Crippen molar-refractivity contribution in [2.24, 2.45) is 0 Å². The van der Waals surface area contributed by atoms with E-state index < -0.39 is 7.38 Å². The quantitative estimate of drug-likeness (QED) is 0.320. The maximum atomic E-state index is 6.47. The molecule has 1 heterocycles. The van der Waals surface area contributed by atoms with E-state index in [1.807, 2.05) is 18.3 Å². The Bertz CT molecular complexity index is 509. The van der Waals surface area contributed by atoms with Crippen LogP contribution in [0.1, 0.15) is 16.8 Å². The van der Waals surface area contributed by atoms with Gasteiger partial charge in [0.05, 0.1) is 0 Å². The number of hydrogen-bond acceptors (Lipinski definition) is 1. The van der Waals surface area contributed by atoms with Crippen molar-refractivity contribution in [2.75, 3.05) is 0 Å². The fourth-order valence-electron chi connectivity index (χ4n) is 1.90. The van der Waals surface area contributed by atoms with E-state index in [0.717, 1.165) is 12.1 Å². The van der Waals surface area contributed by atoms with Crippen LogP contribution in [0, 0.1) is 6.92 Å². The Kier molecular flexibility index (Phi) is 10.3. The number of halogens is 3. The topological polar surface area (TPSA) is 12.9 Å². The third-order valence-electron chi connectivity index (χ3n) is 2.99. The molecule has 2 rings (SSSR count). The van der Waals surface area contributed by atoms with Crippen LogP contribution >= 0.6 is 11.1 Å². The zero-order chi connectivity index (χ0) is 12.5. The van der Waals surface area contributed by atoms with E-state index in [1.54, 1.807) is 0 Å². The molecule has 1 radical (unpaired) electrons. The number of hydrogen-bond donors (Lipinski definition) is 0. The van der Waals surface area contributed by atoms with Crippen LogP contribution in [0.25, 0.3) is 0 Å². The number of pyridine rings is 1. The first kappa shape index (κ1) is 22.4. The van der Waals surface area contributed by atoms with Gasteiger partial charge in [-0.25, -0.2) is 6.07 Å². The van der Waals surface area contributed by atoms with Crippen molar-refractivity contribution in [1.82, 2.24) is 4.98 Å². The number of aromatic nitrogens is 1. The molecule has 1 nitrogen and oxygen atoms in total. The van der Waals surface area contributed by atoms with Crippen LogP contribution in [0.2, 0.25) is 13.1 Å². The van der Waals surface area contributed by atoms with Gasteiger partial charge in [-0.1, -0.05) is 26.1 Å². The van der Waals surface area contributed by atoms with Crippen LogP contribution in [0.5, 0.6) is 0 Å². The Morgan fingerprint density at radius 1 is 1.25 bits per heavy atom. The Balaban J connectivity index is 0. The zero-order valence-corrected chi connectivity index (χ0v) is 16.2. The Hall–Kier alpha value is 0.119. The van der Waals surface area contributed by atoms with Gasteiger partial charge in [-0.3, -0.25) is 4.98 Å². The van der Waals surface area contributed by atoms with Gasteiger partial charge in [0.1, 0.15) is 7.38 Å². The normalized spacial score (nSPS) is 10.0. The third-order valence-corrected chi connectivity index (χ3v) is 5.31. The molecule has 0 aliphatic rings. The van der Waals surface area contributed by atoms with Crippen molar-refractivity contribution in [1.29, 1.82) is 0 Å². The van der Waals surface area contributed by atoms with Gasteiger partial charge in [0.15, 0.2) is 0 Å². The maximum Gasteiger partial charge on any atom is 3.00 e. The average molecular weight is 386 g/mol. The summed E-state index contributed by atoms with van der Waals surface area (Å²) in [5.74, 6) is 0. The molecule has 0 amide bonds. The Morgan fingerprint density at radius 2 is 1.90 bits per heavy atom. The monoisotopic (exact) mass is 384 g/mol. The minimum absolute atomic E-state index is 0. The van der Waals surface area contributed by atoms with Crippen molar-refractivity contribution in [3.05, 3.63) is 53.3 Å². The molecule has 0 spiro atoms. The molecule has 109 valence electrons. The van der Waals surface area contributed by atoms with Gasteiger partial charge < -0.3 is 24.8 Å². The smallest absolute Gasteiger partial charge is 1.00 e. The molecule has 0 N–H and O–H groups in total. The van der Waals surface area contributed by atoms with Crippen molar-refractivity contribution in [2.45, 2.75) is 26.4 Å². The van der Waals surface area contributed by atoms with Crippen LogP contribution in [-0.4, -0.2) is 12.4 Å². The van der Waals surface area contributed by atoms with Gasteiger partial charge in [-0.05, 0) is 18.6 Å². The van der Waals surface area contributed by atoms with E-state index >= 15 is 0 Å². The Morgan fingerprint density at radius 3 is 2.35 bits per heavy atom. The molecule has 0 unspecified atom stereocenters. The summed E-state index contributed by atoms with van der Waals surface area (Å²) in [5.41, 5.74) is 3.79. The molecule has 0 aliphatic heterocycles. The molecule has 0 saturated heterocycles. The largest absolute Gasteiger partial charge is 3.00 e. The first-order valence-corrected chi connectivity index (χ1v) is 9.83. The van der Waals surface area contributed by atoms with E-state index in [9.17, 15) is 0 Å². The molecule has 0 saturated carbocycles. The SMILES string of the molecule is Cc1cc([Si](C)(C)Cl)c[c-]1Cc1ccccn1.[Cl-].[Cl-].[Cr+3]. The molecule has 20 heavy (non-hydrogen) atoms. The number of rotatable bonds is 3. The molecule has 6 heteroatoms. The molecule has 0 fully saturated rings. The minimum atomic E-state index is -1.71.